The van der Waals surface area contributed by atoms with Gasteiger partial charge in [-0.05, 0) is 0 Å². The van der Waals surface area contributed by atoms with Gasteiger partial charge in [-0.15, -0.1) is 0 Å². The highest BCUT2D eigenvalue weighted by molar-refractivity contribution is 6.41. The van der Waals surface area contributed by atoms with E-state index in [-0.39, 0.29) is 11.8 Å². The second-order valence-electron chi connectivity index (χ2n) is 1.87. The average molecular weight is 127 g/mol. The molecular weight excluding hydrogens is 115 g/mol. The number of hydrogen-bond acceptors (Lipinski definition) is 2. The number of carbonyl (C=O) groups is 1. The first-order valence-corrected chi connectivity index (χ1v) is 3.13. The maximum absolute atomic E-state index is 10.7. The number of rotatable bonds is 3. The Morgan fingerprint density at radius 1 is 1.78 bits per heavy atom. The number of methoxy groups -OCH3 is 1. The van der Waals surface area contributed by atoms with Crippen LogP contribution in [0.2, 0.25) is 12.6 Å². The van der Waals surface area contributed by atoms with Crippen molar-refractivity contribution in [3.63, 3.8) is 0 Å². The topological polar surface area (TPSA) is 26.3 Å². The van der Waals surface area contributed by atoms with Crippen LogP contribution in [0.15, 0.2) is 0 Å². The van der Waals surface area contributed by atoms with Crippen LogP contribution in [0.5, 0.6) is 0 Å². The van der Waals surface area contributed by atoms with E-state index in [0.717, 1.165) is 6.42 Å². The molecule has 0 heterocycles. The molecule has 3 heteroatoms. The van der Waals surface area contributed by atoms with E-state index in [9.17, 15) is 4.79 Å². The first kappa shape index (κ1) is 8.53. The number of hydrogen-bond donors (Lipinski definition) is 0. The van der Waals surface area contributed by atoms with Crippen LogP contribution in [0.25, 0.3) is 0 Å². The van der Waals surface area contributed by atoms with E-state index in [1.807, 2.05) is 21.0 Å². The summed E-state index contributed by atoms with van der Waals surface area (Å²) in [5, 5.41) is 0. The molecule has 0 spiro atoms. The Kier molecular flexibility index (Phi) is 4.19. The van der Waals surface area contributed by atoms with Crippen molar-refractivity contribution in [2.75, 3.05) is 7.11 Å². The Bertz CT molecular complexity index is 89.1. The molecule has 0 fully saturated rings. The summed E-state index contributed by atoms with van der Waals surface area (Å²) in [5.74, 6) is -0.157. The molecule has 1 radical (unpaired) electrons. The smallest absolute Gasteiger partial charge is 0.300 e. The lowest BCUT2D eigenvalue weighted by atomic mass is 9.66. The summed E-state index contributed by atoms with van der Waals surface area (Å²) < 4.78 is 4.52. The minimum absolute atomic E-state index is 0.0185. The molecule has 0 amide bonds. The predicted molar refractivity (Wildman–Crippen MR) is 37.7 cm³/mol. The molecule has 0 N–H and O–H groups in total. The Labute approximate surface area is 56.8 Å². The third kappa shape index (κ3) is 2.54. The fourth-order valence-electron chi connectivity index (χ4n) is 0.690. The molecule has 51 valence electrons. The van der Waals surface area contributed by atoms with Gasteiger partial charge in [0.05, 0.1) is 7.11 Å². The van der Waals surface area contributed by atoms with E-state index in [0.29, 0.717) is 0 Å². The van der Waals surface area contributed by atoms with E-state index < -0.39 is 0 Å². The first-order chi connectivity index (χ1) is 4.26. The minimum Gasteiger partial charge on any atom is -0.469 e. The van der Waals surface area contributed by atoms with Gasteiger partial charge in [-0.1, -0.05) is 20.2 Å². The van der Waals surface area contributed by atoms with E-state index in [1.165, 1.54) is 7.11 Å². The van der Waals surface area contributed by atoms with Crippen molar-refractivity contribution >= 4 is 13.2 Å². The van der Waals surface area contributed by atoms with Gasteiger partial charge in [-0.2, -0.15) is 0 Å². The van der Waals surface area contributed by atoms with Crippen molar-refractivity contribution in [2.45, 2.75) is 26.0 Å². The van der Waals surface area contributed by atoms with Gasteiger partial charge < -0.3 is 4.74 Å². The molecule has 0 aliphatic rings. The maximum atomic E-state index is 10.7. The summed E-state index contributed by atoms with van der Waals surface area (Å²) in [6.45, 7) is 3.83. The van der Waals surface area contributed by atoms with Crippen molar-refractivity contribution < 1.29 is 9.53 Å². The summed E-state index contributed by atoms with van der Waals surface area (Å²) in [5.41, 5.74) is 0. The molecule has 0 rings (SSSR count). The Hall–Kier alpha value is -0.465. The molecular formula is C6H12BO2. The third-order valence-corrected chi connectivity index (χ3v) is 1.35. The molecule has 2 nitrogen and oxygen atoms in total. The quantitative estimate of drug-likeness (QED) is 0.419. The zero-order chi connectivity index (χ0) is 7.28. The summed E-state index contributed by atoms with van der Waals surface area (Å²) in [6.07, 6.45) is 0.823. The number of esters is 1. The summed E-state index contributed by atoms with van der Waals surface area (Å²) in [7, 11) is 3.26. The predicted octanol–water partition coefficient (Wildman–Crippen LogP) is 1.11. The molecule has 1 unspecified atom stereocenters. The minimum atomic E-state index is -0.139. The fraction of sp³-hybridized carbons (Fsp3) is 0.833. The van der Waals surface area contributed by atoms with Crippen molar-refractivity contribution in [2.24, 2.45) is 0 Å². The van der Waals surface area contributed by atoms with Gasteiger partial charge in [0.2, 0.25) is 0 Å². The third-order valence-electron chi connectivity index (χ3n) is 1.35. The van der Waals surface area contributed by atoms with Crippen LogP contribution in [0.4, 0.5) is 0 Å². The molecule has 0 aromatic carbocycles. The van der Waals surface area contributed by atoms with Gasteiger partial charge in [0.1, 0.15) is 7.28 Å². The van der Waals surface area contributed by atoms with Crippen LogP contribution < -0.4 is 0 Å². The lowest BCUT2D eigenvalue weighted by Crippen LogP contribution is -2.13. The van der Waals surface area contributed by atoms with Crippen LogP contribution in [0.1, 0.15) is 13.3 Å². The SMILES string of the molecule is C[B]C(CC)C(=O)OC. The molecule has 9 heavy (non-hydrogen) atoms. The summed E-state index contributed by atoms with van der Waals surface area (Å²) in [6, 6.07) is 0. The first-order valence-electron chi connectivity index (χ1n) is 3.13. The molecule has 0 aliphatic carbocycles. The summed E-state index contributed by atoms with van der Waals surface area (Å²) >= 11 is 0. The van der Waals surface area contributed by atoms with Gasteiger partial charge >= 0.3 is 5.97 Å². The van der Waals surface area contributed by atoms with E-state index in [2.05, 4.69) is 4.74 Å². The monoisotopic (exact) mass is 127 g/mol. The molecule has 0 aromatic heterocycles. The standard InChI is InChI=1S/C6H12BO2/c1-4-5(7-2)6(8)9-3/h5H,4H2,1-3H3. The van der Waals surface area contributed by atoms with Crippen molar-refractivity contribution in [3.05, 3.63) is 0 Å². The molecule has 1 atom stereocenters. The van der Waals surface area contributed by atoms with E-state index in [1.54, 1.807) is 0 Å². The normalized spacial score (nSPS) is 12.3. The lowest BCUT2D eigenvalue weighted by Gasteiger charge is -2.06. The Morgan fingerprint density at radius 3 is 2.44 bits per heavy atom. The molecule has 0 saturated heterocycles. The van der Waals surface area contributed by atoms with Crippen LogP contribution in [0.3, 0.4) is 0 Å². The van der Waals surface area contributed by atoms with Crippen molar-refractivity contribution in [1.82, 2.24) is 0 Å². The summed E-state index contributed by atoms with van der Waals surface area (Å²) in [4.78, 5) is 10.7. The number of ether oxygens (including phenoxy) is 1. The van der Waals surface area contributed by atoms with Crippen LogP contribution in [-0.2, 0) is 9.53 Å². The highest BCUT2D eigenvalue weighted by Crippen LogP contribution is 2.09. The highest BCUT2D eigenvalue weighted by Gasteiger charge is 2.13. The van der Waals surface area contributed by atoms with Gasteiger partial charge in [-0.3, -0.25) is 4.79 Å². The fourth-order valence-corrected chi connectivity index (χ4v) is 0.690. The maximum Gasteiger partial charge on any atom is 0.300 e. The zero-order valence-electron chi connectivity index (χ0n) is 6.18. The molecule has 0 aromatic rings. The average Bonchev–Trinajstić information content (AvgIpc) is 1.90. The Balaban J connectivity index is 3.64. The molecule has 0 bridgehead atoms. The van der Waals surface area contributed by atoms with Crippen LogP contribution in [0, 0.1) is 0 Å². The lowest BCUT2D eigenvalue weighted by molar-refractivity contribution is -0.140. The van der Waals surface area contributed by atoms with Crippen LogP contribution in [-0.4, -0.2) is 20.4 Å². The van der Waals surface area contributed by atoms with Gasteiger partial charge in [0.25, 0.3) is 0 Å². The highest BCUT2D eigenvalue weighted by atomic mass is 16.5. The molecule has 0 saturated carbocycles. The number of carbonyl (C=O) groups excluding carboxylic acids is 1. The second-order valence-corrected chi connectivity index (χ2v) is 1.87. The zero-order valence-corrected chi connectivity index (χ0v) is 6.18. The molecule has 0 aliphatic heterocycles. The van der Waals surface area contributed by atoms with Gasteiger partial charge in [0, 0.05) is 5.82 Å². The largest absolute Gasteiger partial charge is 0.469 e. The van der Waals surface area contributed by atoms with Crippen molar-refractivity contribution in [1.29, 1.82) is 0 Å². The van der Waals surface area contributed by atoms with E-state index >= 15 is 0 Å². The van der Waals surface area contributed by atoms with Crippen molar-refractivity contribution in [3.8, 4) is 0 Å². The second kappa shape index (κ2) is 4.42. The Morgan fingerprint density at radius 2 is 2.33 bits per heavy atom. The van der Waals surface area contributed by atoms with Gasteiger partial charge in [0.15, 0.2) is 0 Å². The van der Waals surface area contributed by atoms with Gasteiger partial charge in [-0.25, -0.2) is 0 Å². The van der Waals surface area contributed by atoms with Crippen LogP contribution >= 0.6 is 0 Å². The van der Waals surface area contributed by atoms with E-state index in [4.69, 9.17) is 0 Å².